The summed E-state index contributed by atoms with van der Waals surface area (Å²) in [6, 6.07) is 18.2. The van der Waals surface area contributed by atoms with Crippen molar-refractivity contribution in [2.45, 2.75) is 12.6 Å². The van der Waals surface area contributed by atoms with Gasteiger partial charge in [0.15, 0.2) is 0 Å². The van der Waals surface area contributed by atoms with Crippen molar-refractivity contribution in [3.63, 3.8) is 0 Å². The largest absolute Gasteiger partial charge is 0.494 e. The SMILES string of the molecule is CN(C)CCCOc1ccc(C2=CN(c3ccccc3)C3NCNC(=O)C23)cc1. The lowest BCUT2D eigenvalue weighted by molar-refractivity contribution is -0.125. The lowest BCUT2D eigenvalue weighted by Gasteiger charge is -2.34. The second-order valence-corrected chi connectivity index (χ2v) is 7.70. The van der Waals surface area contributed by atoms with Crippen LogP contribution in [0.2, 0.25) is 0 Å². The Bertz CT molecular complexity index is 864. The Balaban J connectivity index is 1.53. The molecule has 0 aliphatic carbocycles. The first kappa shape index (κ1) is 19.5. The van der Waals surface area contributed by atoms with E-state index in [2.05, 4.69) is 52.9 Å². The number of carbonyl (C=O) groups excluding carboxylic acids is 1. The summed E-state index contributed by atoms with van der Waals surface area (Å²) in [4.78, 5) is 17.0. The molecular formula is C23H28N4O2. The summed E-state index contributed by atoms with van der Waals surface area (Å²) in [7, 11) is 4.12. The normalized spacial score (nSPS) is 21.0. The average molecular weight is 393 g/mol. The van der Waals surface area contributed by atoms with Gasteiger partial charge in [0.25, 0.3) is 0 Å². The number of nitrogens with one attached hydrogen (secondary N) is 2. The average Bonchev–Trinajstić information content (AvgIpc) is 3.13. The Hall–Kier alpha value is -2.83. The van der Waals surface area contributed by atoms with Gasteiger partial charge in [-0.05, 0) is 55.9 Å². The summed E-state index contributed by atoms with van der Waals surface area (Å²) in [6.45, 7) is 2.18. The highest BCUT2D eigenvalue weighted by Gasteiger charge is 2.43. The van der Waals surface area contributed by atoms with E-state index in [1.807, 2.05) is 42.5 Å². The molecule has 2 aliphatic rings. The van der Waals surface area contributed by atoms with Crippen molar-refractivity contribution in [2.75, 3.05) is 38.8 Å². The number of fused-ring (bicyclic) bond motifs is 1. The maximum atomic E-state index is 12.7. The second-order valence-electron chi connectivity index (χ2n) is 7.70. The minimum absolute atomic E-state index is 0.0578. The van der Waals surface area contributed by atoms with E-state index in [1.54, 1.807) is 0 Å². The molecule has 2 unspecified atom stereocenters. The molecule has 0 saturated carbocycles. The van der Waals surface area contributed by atoms with E-state index >= 15 is 0 Å². The quantitative estimate of drug-likeness (QED) is 0.709. The van der Waals surface area contributed by atoms with Crippen molar-refractivity contribution in [3.8, 4) is 5.75 Å². The standard InChI is InChI=1S/C23H28N4O2/c1-26(2)13-6-14-29-19-11-9-17(10-12-19)20-15-27(18-7-4-3-5-8-18)22-21(20)23(28)25-16-24-22/h3-5,7-12,15,21-22,24H,6,13-14,16H2,1-2H3,(H,25,28). The fraction of sp³-hybridized carbons (Fsp3) is 0.348. The number of hydrogen-bond donors (Lipinski definition) is 2. The van der Waals surface area contributed by atoms with Gasteiger partial charge in [-0.15, -0.1) is 0 Å². The number of para-hydroxylation sites is 1. The molecule has 0 aromatic heterocycles. The fourth-order valence-corrected chi connectivity index (χ4v) is 3.90. The number of carbonyl (C=O) groups is 1. The third-order valence-corrected chi connectivity index (χ3v) is 5.35. The molecule has 0 bridgehead atoms. The summed E-state index contributed by atoms with van der Waals surface area (Å²) in [5.74, 6) is 0.659. The number of ether oxygens (including phenoxy) is 1. The molecule has 1 saturated heterocycles. The topological polar surface area (TPSA) is 56.8 Å². The molecule has 2 aromatic carbocycles. The molecule has 1 amide bonds. The van der Waals surface area contributed by atoms with Gasteiger partial charge >= 0.3 is 0 Å². The first-order valence-electron chi connectivity index (χ1n) is 10.1. The van der Waals surface area contributed by atoms with Crippen LogP contribution in [0.25, 0.3) is 5.57 Å². The predicted octanol–water partition coefficient (Wildman–Crippen LogP) is 2.50. The number of hydrogen-bond acceptors (Lipinski definition) is 5. The van der Waals surface area contributed by atoms with E-state index in [0.29, 0.717) is 13.3 Å². The summed E-state index contributed by atoms with van der Waals surface area (Å²) in [5.41, 5.74) is 3.13. The van der Waals surface area contributed by atoms with E-state index in [0.717, 1.165) is 35.5 Å². The zero-order chi connectivity index (χ0) is 20.2. The maximum Gasteiger partial charge on any atom is 0.232 e. The zero-order valence-corrected chi connectivity index (χ0v) is 17.0. The molecular weight excluding hydrogens is 364 g/mol. The lowest BCUT2D eigenvalue weighted by atomic mass is 9.91. The highest BCUT2D eigenvalue weighted by Crippen LogP contribution is 2.38. The van der Waals surface area contributed by atoms with E-state index in [9.17, 15) is 4.79 Å². The Morgan fingerprint density at radius 1 is 1.10 bits per heavy atom. The first-order valence-corrected chi connectivity index (χ1v) is 10.1. The number of rotatable bonds is 7. The molecule has 2 atom stereocenters. The number of anilines is 1. The number of nitrogens with zero attached hydrogens (tertiary/aromatic N) is 2. The highest BCUT2D eigenvalue weighted by atomic mass is 16.5. The molecule has 29 heavy (non-hydrogen) atoms. The number of amides is 1. The van der Waals surface area contributed by atoms with Gasteiger partial charge in [-0.25, -0.2) is 0 Å². The number of benzene rings is 2. The van der Waals surface area contributed by atoms with Gasteiger partial charge in [0.2, 0.25) is 5.91 Å². The van der Waals surface area contributed by atoms with Gasteiger partial charge < -0.3 is 19.9 Å². The molecule has 2 aromatic rings. The van der Waals surface area contributed by atoms with Crippen molar-refractivity contribution in [3.05, 3.63) is 66.4 Å². The molecule has 152 valence electrons. The summed E-state index contributed by atoms with van der Waals surface area (Å²) in [5, 5.41) is 6.36. The van der Waals surface area contributed by atoms with E-state index in [1.165, 1.54) is 0 Å². The molecule has 2 N–H and O–H groups in total. The summed E-state index contributed by atoms with van der Waals surface area (Å²) < 4.78 is 5.84. The zero-order valence-electron chi connectivity index (χ0n) is 17.0. The highest BCUT2D eigenvalue weighted by molar-refractivity contribution is 5.96. The van der Waals surface area contributed by atoms with Gasteiger partial charge in [-0.1, -0.05) is 30.3 Å². The fourth-order valence-electron chi connectivity index (χ4n) is 3.90. The Labute approximate surface area is 172 Å². The van der Waals surface area contributed by atoms with Crippen molar-refractivity contribution in [1.29, 1.82) is 0 Å². The molecule has 0 spiro atoms. The minimum Gasteiger partial charge on any atom is -0.494 e. The molecule has 2 aliphatic heterocycles. The van der Waals surface area contributed by atoms with Gasteiger partial charge in [-0.2, -0.15) is 0 Å². The summed E-state index contributed by atoms with van der Waals surface area (Å²) >= 11 is 0. The Morgan fingerprint density at radius 2 is 1.86 bits per heavy atom. The monoisotopic (exact) mass is 392 g/mol. The van der Waals surface area contributed by atoms with Gasteiger partial charge in [0, 0.05) is 18.4 Å². The van der Waals surface area contributed by atoms with Crippen molar-refractivity contribution >= 4 is 17.2 Å². The predicted molar refractivity (Wildman–Crippen MR) is 115 cm³/mol. The third-order valence-electron chi connectivity index (χ3n) is 5.35. The molecule has 6 nitrogen and oxygen atoms in total. The van der Waals surface area contributed by atoms with Gasteiger partial charge in [-0.3, -0.25) is 10.1 Å². The van der Waals surface area contributed by atoms with Crippen LogP contribution < -0.4 is 20.3 Å². The van der Waals surface area contributed by atoms with E-state index in [-0.39, 0.29) is 18.0 Å². The van der Waals surface area contributed by atoms with E-state index in [4.69, 9.17) is 4.74 Å². The van der Waals surface area contributed by atoms with Crippen LogP contribution in [-0.2, 0) is 4.79 Å². The van der Waals surface area contributed by atoms with Crippen LogP contribution in [0.15, 0.2) is 60.8 Å². The minimum atomic E-state index is -0.254. The van der Waals surface area contributed by atoms with Crippen molar-refractivity contribution in [1.82, 2.24) is 15.5 Å². The molecule has 2 heterocycles. The van der Waals surface area contributed by atoms with Crippen LogP contribution in [0.3, 0.4) is 0 Å². The first-order chi connectivity index (χ1) is 14.1. The van der Waals surface area contributed by atoms with Crippen molar-refractivity contribution < 1.29 is 9.53 Å². The molecule has 6 heteroatoms. The smallest absolute Gasteiger partial charge is 0.232 e. The van der Waals surface area contributed by atoms with E-state index < -0.39 is 0 Å². The molecule has 4 rings (SSSR count). The second kappa shape index (κ2) is 8.68. The van der Waals surface area contributed by atoms with Crippen LogP contribution in [0.1, 0.15) is 12.0 Å². The van der Waals surface area contributed by atoms with Crippen LogP contribution >= 0.6 is 0 Å². The van der Waals surface area contributed by atoms with Gasteiger partial charge in [0.1, 0.15) is 11.9 Å². The van der Waals surface area contributed by atoms with Crippen LogP contribution in [0, 0.1) is 5.92 Å². The maximum absolute atomic E-state index is 12.7. The Kier molecular flexibility index (Phi) is 5.83. The summed E-state index contributed by atoms with van der Waals surface area (Å²) in [6.07, 6.45) is 3.00. The third kappa shape index (κ3) is 4.28. The molecule has 0 radical (unpaired) electrons. The van der Waals surface area contributed by atoms with Crippen molar-refractivity contribution in [2.24, 2.45) is 5.92 Å². The Morgan fingerprint density at radius 3 is 2.59 bits per heavy atom. The van der Waals surface area contributed by atoms with Gasteiger partial charge in [0.05, 0.1) is 19.2 Å². The lowest BCUT2D eigenvalue weighted by Crippen LogP contribution is -2.58. The van der Waals surface area contributed by atoms with Crippen LogP contribution in [0.4, 0.5) is 5.69 Å². The molecule has 1 fully saturated rings. The van der Waals surface area contributed by atoms with Crippen LogP contribution in [0.5, 0.6) is 5.75 Å². The van der Waals surface area contributed by atoms with Crippen LogP contribution in [-0.4, -0.2) is 50.9 Å².